The van der Waals surface area contributed by atoms with Gasteiger partial charge in [-0.05, 0) is 30.5 Å². The Morgan fingerprint density at radius 2 is 2.15 bits per heavy atom. The van der Waals surface area contributed by atoms with Crippen molar-refractivity contribution in [1.82, 2.24) is 4.98 Å². The summed E-state index contributed by atoms with van der Waals surface area (Å²) in [4.78, 5) is 26.4. The molecule has 0 spiro atoms. The van der Waals surface area contributed by atoms with Gasteiger partial charge in [0.2, 0.25) is 0 Å². The van der Waals surface area contributed by atoms with E-state index >= 15 is 0 Å². The van der Waals surface area contributed by atoms with Crippen LogP contribution in [0.4, 0.5) is 5.82 Å². The molecule has 0 aliphatic heterocycles. The Balaban J connectivity index is 2.30. The minimum atomic E-state index is -1.01. The lowest BCUT2D eigenvalue weighted by atomic mass is 10.1. The highest BCUT2D eigenvalue weighted by Gasteiger charge is 2.09. The summed E-state index contributed by atoms with van der Waals surface area (Å²) in [5, 5.41) is 13.4. The number of aromatic carboxylic acids is 1. The van der Waals surface area contributed by atoms with E-state index < -0.39 is 5.97 Å². The Hall–Kier alpha value is -2.63. The molecular formula is C14H14N2O4. The summed E-state index contributed by atoms with van der Waals surface area (Å²) in [6.45, 7) is 2.02. The minimum Gasteiger partial charge on any atom is -0.478 e. The summed E-state index contributed by atoms with van der Waals surface area (Å²) in [6, 6.07) is 6.53. The molecule has 0 aliphatic carbocycles. The standard InChI is InChI=1S/C14H14N2O4/c1-2-20-12(17)8-16-13-11-7-10(14(18)19)4-3-9(11)5-6-15-13/h3-7H,2,8H2,1H3,(H,15,16)(H,18,19). The van der Waals surface area contributed by atoms with E-state index in [-0.39, 0.29) is 18.1 Å². The number of hydrogen-bond acceptors (Lipinski definition) is 5. The SMILES string of the molecule is CCOC(=O)CNc1nccc2ccc(C(=O)O)cc12. The van der Waals surface area contributed by atoms with Gasteiger partial charge in [-0.25, -0.2) is 9.78 Å². The van der Waals surface area contributed by atoms with Crippen LogP contribution in [-0.4, -0.2) is 35.2 Å². The van der Waals surface area contributed by atoms with Crippen LogP contribution >= 0.6 is 0 Å². The van der Waals surface area contributed by atoms with Crippen LogP contribution in [0.15, 0.2) is 30.5 Å². The summed E-state index contributed by atoms with van der Waals surface area (Å²) in [5.41, 5.74) is 0.171. The number of carboxylic acids is 1. The third-order valence-corrected chi connectivity index (χ3v) is 2.72. The van der Waals surface area contributed by atoms with Crippen molar-refractivity contribution in [3.05, 3.63) is 36.0 Å². The average Bonchev–Trinajstić information content (AvgIpc) is 2.44. The number of ether oxygens (including phenoxy) is 1. The van der Waals surface area contributed by atoms with Gasteiger partial charge >= 0.3 is 11.9 Å². The predicted octanol–water partition coefficient (Wildman–Crippen LogP) is 1.91. The zero-order valence-electron chi connectivity index (χ0n) is 10.9. The van der Waals surface area contributed by atoms with Crippen molar-refractivity contribution in [1.29, 1.82) is 0 Å². The third kappa shape index (κ3) is 3.03. The molecule has 0 aliphatic rings. The first-order valence-electron chi connectivity index (χ1n) is 6.13. The van der Waals surface area contributed by atoms with Gasteiger partial charge in [-0.1, -0.05) is 6.07 Å². The van der Waals surface area contributed by atoms with Crippen molar-refractivity contribution in [2.24, 2.45) is 0 Å². The molecule has 2 N–H and O–H groups in total. The average molecular weight is 274 g/mol. The van der Waals surface area contributed by atoms with Crippen molar-refractivity contribution < 1.29 is 19.4 Å². The maximum absolute atomic E-state index is 11.3. The Morgan fingerprint density at radius 3 is 2.85 bits per heavy atom. The van der Waals surface area contributed by atoms with E-state index in [1.54, 1.807) is 25.3 Å². The molecule has 0 saturated carbocycles. The first kappa shape index (κ1) is 13.8. The van der Waals surface area contributed by atoms with E-state index in [1.807, 2.05) is 0 Å². The number of anilines is 1. The van der Waals surface area contributed by atoms with E-state index in [0.29, 0.717) is 17.8 Å². The van der Waals surface area contributed by atoms with Crippen molar-refractivity contribution >= 4 is 28.5 Å². The number of aromatic nitrogens is 1. The minimum absolute atomic E-state index is 0.0166. The third-order valence-electron chi connectivity index (χ3n) is 2.72. The molecule has 0 bridgehead atoms. The molecule has 0 radical (unpaired) electrons. The topological polar surface area (TPSA) is 88.5 Å². The van der Waals surface area contributed by atoms with Gasteiger partial charge in [0.25, 0.3) is 0 Å². The van der Waals surface area contributed by atoms with Gasteiger partial charge in [-0.3, -0.25) is 4.79 Å². The first-order valence-corrected chi connectivity index (χ1v) is 6.13. The quantitative estimate of drug-likeness (QED) is 0.810. The van der Waals surface area contributed by atoms with Crippen molar-refractivity contribution in [2.45, 2.75) is 6.92 Å². The molecule has 2 aromatic rings. The van der Waals surface area contributed by atoms with Gasteiger partial charge in [0.15, 0.2) is 0 Å². The molecule has 2 rings (SSSR count). The van der Waals surface area contributed by atoms with E-state index in [9.17, 15) is 9.59 Å². The predicted molar refractivity (Wildman–Crippen MR) is 73.8 cm³/mol. The number of benzene rings is 1. The monoisotopic (exact) mass is 274 g/mol. The largest absolute Gasteiger partial charge is 0.478 e. The normalized spacial score (nSPS) is 10.2. The highest BCUT2D eigenvalue weighted by Crippen LogP contribution is 2.22. The van der Waals surface area contributed by atoms with Crippen LogP contribution in [0.2, 0.25) is 0 Å². The molecule has 0 amide bonds. The highest BCUT2D eigenvalue weighted by atomic mass is 16.5. The Morgan fingerprint density at radius 1 is 1.35 bits per heavy atom. The molecule has 6 heteroatoms. The smallest absolute Gasteiger partial charge is 0.335 e. The summed E-state index contributed by atoms with van der Waals surface area (Å²) < 4.78 is 4.81. The molecule has 104 valence electrons. The zero-order valence-corrected chi connectivity index (χ0v) is 10.9. The van der Waals surface area contributed by atoms with Crippen LogP contribution in [0.3, 0.4) is 0 Å². The maximum Gasteiger partial charge on any atom is 0.335 e. The lowest BCUT2D eigenvalue weighted by Crippen LogP contribution is -2.17. The van der Waals surface area contributed by atoms with E-state index in [4.69, 9.17) is 9.84 Å². The van der Waals surface area contributed by atoms with E-state index in [0.717, 1.165) is 5.39 Å². The molecule has 1 aromatic carbocycles. The number of nitrogens with zero attached hydrogens (tertiary/aromatic N) is 1. The summed E-state index contributed by atoms with van der Waals surface area (Å²) in [7, 11) is 0. The van der Waals surface area contributed by atoms with Gasteiger partial charge in [0.1, 0.15) is 12.4 Å². The summed E-state index contributed by atoms with van der Waals surface area (Å²) in [5.74, 6) is -0.938. The molecule has 0 saturated heterocycles. The molecule has 0 unspecified atom stereocenters. The fraction of sp³-hybridized carbons (Fsp3) is 0.214. The van der Waals surface area contributed by atoms with Crippen LogP contribution in [0, 0.1) is 0 Å². The number of carbonyl (C=O) groups is 2. The van der Waals surface area contributed by atoms with Crippen molar-refractivity contribution in [3.8, 4) is 0 Å². The van der Waals surface area contributed by atoms with Crippen LogP contribution < -0.4 is 5.32 Å². The van der Waals surface area contributed by atoms with Crippen LogP contribution in [0.25, 0.3) is 10.8 Å². The molecule has 0 fully saturated rings. The Kier molecular flexibility index (Phi) is 4.14. The lowest BCUT2D eigenvalue weighted by Gasteiger charge is -2.08. The summed E-state index contributed by atoms with van der Waals surface area (Å²) >= 11 is 0. The molecule has 0 atom stereocenters. The van der Waals surface area contributed by atoms with Gasteiger partial charge in [-0.15, -0.1) is 0 Å². The lowest BCUT2D eigenvalue weighted by molar-refractivity contribution is -0.140. The van der Waals surface area contributed by atoms with Gasteiger partial charge in [0, 0.05) is 11.6 Å². The number of carboxylic acid groups (broad SMARTS) is 1. The fourth-order valence-corrected chi connectivity index (χ4v) is 1.81. The van der Waals surface area contributed by atoms with Crippen LogP contribution in [0.5, 0.6) is 0 Å². The fourth-order valence-electron chi connectivity index (χ4n) is 1.81. The molecule has 1 heterocycles. The number of nitrogens with one attached hydrogen (secondary N) is 1. The zero-order chi connectivity index (χ0) is 14.5. The highest BCUT2D eigenvalue weighted by molar-refractivity contribution is 5.98. The number of rotatable bonds is 5. The van der Waals surface area contributed by atoms with Gasteiger partial charge < -0.3 is 15.2 Å². The number of hydrogen-bond donors (Lipinski definition) is 2. The number of pyridine rings is 1. The van der Waals surface area contributed by atoms with E-state index in [1.165, 1.54) is 12.1 Å². The van der Waals surface area contributed by atoms with Crippen LogP contribution in [0.1, 0.15) is 17.3 Å². The molecule has 20 heavy (non-hydrogen) atoms. The van der Waals surface area contributed by atoms with Gasteiger partial charge in [0.05, 0.1) is 12.2 Å². The molecular weight excluding hydrogens is 260 g/mol. The number of fused-ring (bicyclic) bond motifs is 1. The van der Waals surface area contributed by atoms with Crippen molar-refractivity contribution in [3.63, 3.8) is 0 Å². The maximum atomic E-state index is 11.3. The number of carbonyl (C=O) groups excluding carboxylic acids is 1. The summed E-state index contributed by atoms with van der Waals surface area (Å²) in [6.07, 6.45) is 1.59. The molecule has 6 nitrogen and oxygen atoms in total. The van der Waals surface area contributed by atoms with Gasteiger partial charge in [-0.2, -0.15) is 0 Å². The van der Waals surface area contributed by atoms with E-state index in [2.05, 4.69) is 10.3 Å². The van der Waals surface area contributed by atoms with Crippen molar-refractivity contribution in [2.75, 3.05) is 18.5 Å². The second-order valence-corrected chi connectivity index (χ2v) is 4.06. The number of esters is 1. The first-order chi connectivity index (χ1) is 9.61. The Bertz CT molecular complexity index is 655. The second kappa shape index (κ2) is 6.01. The molecule has 1 aromatic heterocycles. The van der Waals surface area contributed by atoms with Crippen LogP contribution in [-0.2, 0) is 9.53 Å². The second-order valence-electron chi connectivity index (χ2n) is 4.06. The Labute approximate surface area is 115 Å².